The van der Waals surface area contributed by atoms with E-state index in [1.807, 2.05) is 0 Å². The Bertz CT molecular complexity index is 809. The van der Waals surface area contributed by atoms with Gasteiger partial charge in [0.25, 0.3) is 0 Å². The van der Waals surface area contributed by atoms with Crippen LogP contribution < -0.4 is 0 Å². The Morgan fingerprint density at radius 3 is 2.62 bits per heavy atom. The summed E-state index contributed by atoms with van der Waals surface area (Å²) < 4.78 is 34.7. The lowest BCUT2D eigenvalue weighted by Gasteiger charge is -2.16. The number of amides is 1. The van der Waals surface area contributed by atoms with Crippen molar-refractivity contribution < 1.29 is 17.1 Å². The normalized spacial score (nSPS) is 19.4. The zero-order valence-corrected chi connectivity index (χ0v) is 11.8. The number of benzene rings is 1. The van der Waals surface area contributed by atoms with Crippen LogP contribution in [0.3, 0.4) is 0 Å². The van der Waals surface area contributed by atoms with Gasteiger partial charge in [-0.25, -0.2) is 0 Å². The minimum absolute atomic E-state index is 0.115. The molecule has 1 amide bonds. The van der Waals surface area contributed by atoms with Crippen molar-refractivity contribution in [2.45, 2.75) is 18.2 Å². The Kier molecular flexibility index (Phi) is 3.32. The molecule has 21 heavy (non-hydrogen) atoms. The number of nitrogens with zero attached hydrogens (tertiary/aromatic N) is 3. The molecule has 1 aromatic carbocycles. The second-order valence-electron chi connectivity index (χ2n) is 4.96. The minimum atomic E-state index is -4.68. The van der Waals surface area contributed by atoms with Crippen molar-refractivity contribution in [1.29, 1.82) is 0 Å². The van der Waals surface area contributed by atoms with Gasteiger partial charge in [-0.2, -0.15) is 8.42 Å². The number of carbonyl (C=O) groups excluding carboxylic acids is 1. The maximum Gasteiger partial charge on any atom is 0.307 e. The summed E-state index contributed by atoms with van der Waals surface area (Å²) in [5, 5.41) is -1.26. The van der Waals surface area contributed by atoms with Gasteiger partial charge in [-0.05, 0) is 17.7 Å². The van der Waals surface area contributed by atoms with Gasteiger partial charge in [0.2, 0.25) is 5.91 Å². The minimum Gasteiger partial charge on any atom is -0.337 e. The molecule has 0 aliphatic carbocycles. The third-order valence-corrected chi connectivity index (χ3v) is 4.60. The van der Waals surface area contributed by atoms with Crippen LogP contribution in [0.2, 0.25) is 0 Å². The average Bonchev–Trinajstić information content (AvgIpc) is 2.80. The molecule has 3 rings (SSSR count). The Balaban J connectivity index is 1.81. The van der Waals surface area contributed by atoms with Gasteiger partial charge in [0, 0.05) is 31.9 Å². The first kappa shape index (κ1) is 13.9. The van der Waals surface area contributed by atoms with Gasteiger partial charge in [0.1, 0.15) is 5.25 Å². The smallest absolute Gasteiger partial charge is 0.307 e. The molecular formula is C13H12FN3O3S. The van der Waals surface area contributed by atoms with Crippen molar-refractivity contribution in [1.82, 2.24) is 14.9 Å². The quantitative estimate of drug-likeness (QED) is 0.791. The maximum absolute atomic E-state index is 13.0. The van der Waals surface area contributed by atoms with E-state index in [2.05, 4.69) is 9.97 Å². The van der Waals surface area contributed by atoms with Crippen LogP contribution in [-0.2, 0) is 21.6 Å². The number of aromatic nitrogens is 2. The molecular weight excluding hydrogens is 297 g/mol. The molecule has 1 saturated heterocycles. The van der Waals surface area contributed by atoms with E-state index >= 15 is 0 Å². The molecule has 0 bridgehead atoms. The number of fused-ring (bicyclic) bond motifs is 1. The third-order valence-electron chi connectivity index (χ3n) is 3.48. The van der Waals surface area contributed by atoms with E-state index in [0.29, 0.717) is 5.52 Å². The summed E-state index contributed by atoms with van der Waals surface area (Å²) >= 11 is 0. The van der Waals surface area contributed by atoms with Crippen LogP contribution in [0.15, 0.2) is 30.6 Å². The van der Waals surface area contributed by atoms with Gasteiger partial charge in [-0.1, -0.05) is 6.07 Å². The first-order chi connectivity index (χ1) is 9.93. The van der Waals surface area contributed by atoms with Crippen LogP contribution in [-0.4, -0.2) is 41.0 Å². The molecule has 0 radical (unpaired) electrons. The molecule has 0 spiro atoms. The van der Waals surface area contributed by atoms with E-state index in [4.69, 9.17) is 0 Å². The zero-order valence-electron chi connectivity index (χ0n) is 10.9. The molecule has 1 fully saturated rings. The molecule has 2 heterocycles. The number of rotatable bonds is 3. The number of carbonyl (C=O) groups is 1. The van der Waals surface area contributed by atoms with Crippen molar-refractivity contribution in [3.05, 3.63) is 36.2 Å². The highest BCUT2D eigenvalue weighted by molar-refractivity contribution is 7.87. The molecule has 2 aromatic rings. The molecule has 8 heteroatoms. The Labute approximate surface area is 120 Å². The van der Waals surface area contributed by atoms with Crippen molar-refractivity contribution in [2.75, 3.05) is 6.54 Å². The van der Waals surface area contributed by atoms with Crippen molar-refractivity contribution >= 4 is 27.2 Å². The summed E-state index contributed by atoms with van der Waals surface area (Å²) in [7, 11) is -4.68. The van der Waals surface area contributed by atoms with Gasteiger partial charge >= 0.3 is 10.2 Å². The number of hydrogen-bond donors (Lipinski definition) is 0. The van der Waals surface area contributed by atoms with Gasteiger partial charge in [0.05, 0.1) is 11.0 Å². The van der Waals surface area contributed by atoms with Gasteiger partial charge < -0.3 is 4.90 Å². The topological polar surface area (TPSA) is 80.2 Å². The van der Waals surface area contributed by atoms with Crippen molar-refractivity contribution in [3.8, 4) is 0 Å². The molecule has 1 unspecified atom stereocenters. The molecule has 110 valence electrons. The molecule has 0 N–H and O–H groups in total. The zero-order chi connectivity index (χ0) is 15.0. The van der Waals surface area contributed by atoms with Crippen LogP contribution in [0.5, 0.6) is 0 Å². The summed E-state index contributed by atoms with van der Waals surface area (Å²) in [6.07, 6.45) is 2.85. The average molecular weight is 309 g/mol. The van der Waals surface area contributed by atoms with E-state index in [0.717, 1.165) is 11.1 Å². The summed E-state index contributed by atoms with van der Waals surface area (Å²) in [5.74, 6) is -0.361. The number of likely N-dealkylation sites (tertiary alicyclic amines) is 1. The molecule has 1 aliphatic heterocycles. The fraction of sp³-hybridized carbons (Fsp3) is 0.308. The largest absolute Gasteiger partial charge is 0.337 e. The molecule has 1 aliphatic rings. The summed E-state index contributed by atoms with van der Waals surface area (Å²) in [4.78, 5) is 21.4. The van der Waals surface area contributed by atoms with Crippen molar-refractivity contribution in [3.63, 3.8) is 0 Å². The molecule has 6 nitrogen and oxygen atoms in total. The Morgan fingerprint density at radius 2 is 1.95 bits per heavy atom. The second kappa shape index (κ2) is 5.03. The van der Waals surface area contributed by atoms with Crippen LogP contribution >= 0.6 is 0 Å². The van der Waals surface area contributed by atoms with Crippen LogP contribution in [0.1, 0.15) is 12.0 Å². The van der Waals surface area contributed by atoms with E-state index in [1.54, 1.807) is 30.6 Å². The molecule has 1 atom stereocenters. The monoisotopic (exact) mass is 309 g/mol. The predicted molar refractivity (Wildman–Crippen MR) is 73.4 cm³/mol. The fourth-order valence-electron chi connectivity index (χ4n) is 2.40. The van der Waals surface area contributed by atoms with Crippen molar-refractivity contribution in [2.24, 2.45) is 0 Å². The summed E-state index contributed by atoms with van der Waals surface area (Å²) in [6, 6.07) is 5.36. The lowest BCUT2D eigenvalue weighted by Crippen LogP contribution is -2.26. The summed E-state index contributed by atoms with van der Waals surface area (Å²) in [6.45, 7) is 0.119. The van der Waals surface area contributed by atoms with Crippen LogP contribution in [0.25, 0.3) is 11.0 Å². The Hall–Kier alpha value is -2.09. The van der Waals surface area contributed by atoms with Crippen LogP contribution in [0.4, 0.5) is 3.89 Å². The highest BCUT2D eigenvalue weighted by Gasteiger charge is 2.38. The first-order valence-electron chi connectivity index (χ1n) is 6.34. The highest BCUT2D eigenvalue weighted by Crippen LogP contribution is 2.22. The lowest BCUT2D eigenvalue weighted by atomic mass is 10.2. The van der Waals surface area contributed by atoms with E-state index in [-0.39, 0.29) is 25.4 Å². The van der Waals surface area contributed by atoms with Gasteiger partial charge in [0.15, 0.2) is 0 Å². The van der Waals surface area contributed by atoms with Gasteiger partial charge in [-0.3, -0.25) is 14.8 Å². The second-order valence-corrected chi connectivity index (χ2v) is 6.57. The van der Waals surface area contributed by atoms with Crippen LogP contribution in [0, 0.1) is 0 Å². The van der Waals surface area contributed by atoms with E-state index in [1.165, 1.54) is 4.90 Å². The predicted octanol–water partition coefficient (Wildman–Crippen LogP) is 1.03. The van der Waals surface area contributed by atoms with Gasteiger partial charge in [-0.15, -0.1) is 3.89 Å². The Morgan fingerprint density at radius 1 is 1.24 bits per heavy atom. The number of halogens is 1. The lowest BCUT2D eigenvalue weighted by molar-refractivity contribution is -0.128. The maximum atomic E-state index is 13.0. The van der Waals surface area contributed by atoms with E-state index in [9.17, 15) is 17.1 Å². The SMILES string of the molecule is O=C1CC(S(=O)(=O)F)CN1Cc1ccc2nccnc2c1. The molecule has 0 saturated carbocycles. The fourth-order valence-corrected chi connectivity index (χ4v) is 3.10. The third kappa shape index (κ3) is 2.85. The highest BCUT2D eigenvalue weighted by atomic mass is 32.3. The molecule has 1 aromatic heterocycles. The standard InChI is InChI=1S/C13H12FN3O3S/c14-21(19,20)10-6-13(18)17(8-10)7-9-1-2-11-12(5-9)16-4-3-15-11/h1-5,10H,6-8H2. The van der Waals surface area contributed by atoms with E-state index < -0.39 is 15.5 Å². The summed E-state index contributed by atoms with van der Waals surface area (Å²) in [5.41, 5.74) is 2.22. The number of hydrogen-bond acceptors (Lipinski definition) is 5. The first-order valence-corrected chi connectivity index (χ1v) is 7.79.